The van der Waals surface area contributed by atoms with Crippen molar-refractivity contribution in [3.63, 3.8) is 0 Å². The Hall–Kier alpha value is 0.157. The molecule has 0 aliphatic heterocycles. The SMILES string of the molecule is NC(N)=O.[Li][Cl]. The number of carbonyl (C=O) groups is 1. The van der Waals surface area contributed by atoms with Gasteiger partial charge in [-0.3, -0.25) is 0 Å². The van der Waals surface area contributed by atoms with E-state index in [1.54, 1.807) is 0 Å². The molecule has 2 amide bonds. The van der Waals surface area contributed by atoms with Gasteiger partial charge in [0.1, 0.15) is 0 Å². The van der Waals surface area contributed by atoms with E-state index in [1.165, 1.54) is 16.7 Å². The number of hydrogen-bond acceptors (Lipinski definition) is 1. The summed E-state index contributed by atoms with van der Waals surface area (Å²) in [5, 5.41) is 0. The van der Waals surface area contributed by atoms with Gasteiger partial charge in [0.15, 0.2) is 0 Å². The van der Waals surface area contributed by atoms with E-state index in [0.29, 0.717) is 0 Å². The van der Waals surface area contributed by atoms with Gasteiger partial charge in [-0.1, -0.05) is 0 Å². The van der Waals surface area contributed by atoms with E-state index in [9.17, 15) is 0 Å². The Morgan fingerprint density at radius 3 is 1.50 bits per heavy atom. The van der Waals surface area contributed by atoms with E-state index in [-0.39, 0.29) is 0 Å². The molecule has 0 aliphatic rings. The summed E-state index contributed by atoms with van der Waals surface area (Å²) in [6.07, 6.45) is 0. The van der Waals surface area contributed by atoms with Crippen LogP contribution in [0.4, 0.5) is 4.79 Å². The minimum absolute atomic E-state index is 0.833. The summed E-state index contributed by atoms with van der Waals surface area (Å²) in [5.74, 6) is 0. The molecule has 0 aromatic rings. The van der Waals surface area contributed by atoms with Crippen LogP contribution in [0.2, 0.25) is 0 Å². The second-order valence-electron chi connectivity index (χ2n) is 0.402. The summed E-state index contributed by atoms with van der Waals surface area (Å²) in [7, 11) is 4.64. The molecule has 0 fully saturated rings. The van der Waals surface area contributed by atoms with Crippen LogP contribution in [-0.2, 0) is 0 Å². The molecule has 0 rings (SSSR count). The maximum absolute atomic E-state index is 9.00. The molecule has 0 radical (unpaired) electrons. The van der Waals surface area contributed by atoms with Crippen molar-refractivity contribution in [1.29, 1.82) is 0 Å². The Morgan fingerprint density at radius 1 is 1.50 bits per heavy atom. The third kappa shape index (κ3) is 1670. The summed E-state index contributed by atoms with van der Waals surface area (Å²) >= 11 is 1.47. The van der Waals surface area contributed by atoms with Crippen LogP contribution in [-0.4, -0.2) is 22.8 Å². The van der Waals surface area contributed by atoms with Gasteiger partial charge in [0.25, 0.3) is 0 Å². The first-order valence-corrected chi connectivity index (χ1v) is 1.92. The van der Waals surface area contributed by atoms with Crippen LogP contribution in [0.5, 0.6) is 0 Å². The molecule has 0 saturated heterocycles. The number of nitrogens with two attached hydrogens (primary N) is 2. The van der Waals surface area contributed by atoms with Gasteiger partial charge < -0.3 is 11.5 Å². The molecule has 0 aliphatic carbocycles. The molecule has 0 aromatic heterocycles. The fourth-order valence-electron chi connectivity index (χ4n) is 0. The Labute approximate surface area is 49.3 Å². The van der Waals surface area contributed by atoms with E-state index in [0.717, 1.165) is 0 Å². The van der Waals surface area contributed by atoms with Gasteiger partial charge in [-0.2, -0.15) is 0 Å². The van der Waals surface area contributed by atoms with Crippen LogP contribution in [0.15, 0.2) is 0 Å². The van der Waals surface area contributed by atoms with Crippen molar-refractivity contribution in [3.8, 4) is 0 Å². The van der Waals surface area contributed by atoms with Crippen molar-refractivity contribution in [2.75, 3.05) is 0 Å². The standard InChI is InChI=1S/CH4N2O.ClH.Li/c2-1(3)4;;/h(H4,2,3,4);1H;/q;;+1/p-1. The second-order valence-corrected chi connectivity index (χ2v) is 0.402. The predicted molar refractivity (Wildman–Crippen MR) is 25.4 cm³/mol. The summed E-state index contributed by atoms with van der Waals surface area (Å²) in [4.78, 5) is 9.00. The van der Waals surface area contributed by atoms with Gasteiger partial charge in [0.05, 0.1) is 0 Å². The first kappa shape index (κ1) is 9.48. The fourth-order valence-corrected chi connectivity index (χ4v) is 0. The van der Waals surface area contributed by atoms with Crippen LogP contribution in [0.1, 0.15) is 0 Å². The number of halogens is 1. The molecule has 4 N–H and O–H groups in total. The van der Waals surface area contributed by atoms with Gasteiger partial charge in [-0.05, 0) is 0 Å². The van der Waals surface area contributed by atoms with E-state index >= 15 is 0 Å². The molecule has 0 heterocycles. The van der Waals surface area contributed by atoms with Crippen molar-refractivity contribution in [3.05, 3.63) is 0 Å². The number of hydrogen-bond donors (Lipinski definition) is 2. The monoisotopic (exact) mass is 102 g/mol. The van der Waals surface area contributed by atoms with Gasteiger partial charge in [-0.15, -0.1) is 0 Å². The molecule has 3 nitrogen and oxygen atoms in total. The van der Waals surface area contributed by atoms with Crippen LogP contribution >= 0.6 is 9.80 Å². The third-order valence-electron chi connectivity index (χ3n) is 0. The zero-order valence-electron chi connectivity index (χ0n) is 3.44. The van der Waals surface area contributed by atoms with E-state index in [2.05, 4.69) is 21.3 Å². The zero-order valence-corrected chi connectivity index (χ0v) is 4.20. The Kier molecular flexibility index (Phi) is 14.1. The van der Waals surface area contributed by atoms with E-state index < -0.39 is 6.03 Å². The number of amides is 2. The molecule has 32 valence electrons. The Bertz CT molecular complexity index is 36.5. The summed E-state index contributed by atoms with van der Waals surface area (Å²) in [6, 6.07) is -0.833. The maximum atomic E-state index is 9.00. The zero-order chi connectivity index (χ0) is 5.58. The molecule has 0 unspecified atom stereocenters. The van der Waals surface area contributed by atoms with Crippen LogP contribution in [0, 0.1) is 0 Å². The number of rotatable bonds is 0. The third-order valence-corrected chi connectivity index (χ3v) is 0. The van der Waals surface area contributed by atoms with Gasteiger partial charge >= 0.3 is 32.6 Å². The van der Waals surface area contributed by atoms with E-state index in [1.807, 2.05) is 0 Å². The second kappa shape index (κ2) is 8.94. The molecule has 0 spiro atoms. The first-order chi connectivity index (χ1) is 2.73. The molecule has 5 heteroatoms. The molecular formula is CH4ClLiN2O. The van der Waals surface area contributed by atoms with E-state index in [4.69, 9.17) is 4.79 Å². The molecule has 0 saturated carbocycles. The van der Waals surface area contributed by atoms with Gasteiger partial charge in [-0.25, -0.2) is 4.79 Å². The van der Waals surface area contributed by atoms with Crippen LogP contribution in [0.25, 0.3) is 0 Å². The molecule has 0 bridgehead atoms. The number of carbonyl (C=O) groups excluding carboxylic acids is 1. The summed E-state index contributed by atoms with van der Waals surface area (Å²) in [5.41, 5.74) is 8.50. The van der Waals surface area contributed by atoms with Crippen molar-refractivity contribution >= 4 is 32.6 Å². The molecular weight excluding hydrogens is 98.4 g/mol. The number of primary amides is 2. The quantitative estimate of drug-likeness (QED) is 0.392. The first-order valence-electron chi connectivity index (χ1n) is 1.16. The van der Waals surface area contributed by atoms with Crippen molar-refractivity contribution in [1.82, 2.24) is 0 Å². The average Bonchev–Trinajstić information content (AvgIpc) is 1.41. The van der Waals surface area contributed by atoms with Crippen LogP contribution < -0.4 is 11.5 Å². The fraction of sp³-hybridized carbons (Fsp3) is 0. The topological polar surface area (TPSA) is 69.1 Å². The number of urea groups is 1. The predicted octanol–water partition coefficient (Wildman–Crippen LogP) is -0.668. The minimum atomic E-state index is -0.833. The van der Waals surface area contributed by atoms with Gasteiger partial charge in [0, 0.05) is 0 Å². The van der Waals surface area contributed by atoms with Crippen molar-refractivity contribution < 1.29 is 4.79 Å². The summed E-state index contributed by atoms with van der Waals surface area (Å²) in [6.45, 7) is 0. The van der Waals surface area contributed by atoms with Crippen LogP contribution in [0.3, 0.4) is 0 Å². The molecule has 0 aromatic carbocycles. The van der Waals surface area contributed by atoms with Crippen molar-refractivity contribution in [2.24, 2.45) is 11.5 Å². The normalized spacial score (nSPS) is 5.17. The molecule has 0 atom stereocenters. The van der Waals surface area contributed by atoms with Crippen molar-refractivity contribution in [2.45, 2.75) is 0 Å². The molecule has 6 heavy (non-hydrogen) atoms. The average molecular weight is 102 g/mol. The van der Waals surface area contributed by atoms with Gasteiger partial charge in [0.2, 0.25) is 0 Å². The summed E-state index contributed by atoms with van der Waals surface area (Å²) < 4.78 is 0. The Morgan fingerprint density at radius 2 is 1.50 bits per heavy atom. The Balaban J connectivity index is 0.